The van der Waals surface area contributed by atoms with Gasteiger partial charge in [-0.3, -0.25) is 15.1 Å². The summed E-state index contributed by atoms with van der Waals surface area (Å²) in [7, 11) is 0. The van der Waals surface area contributed by atoms with Crippen LogP contribution in [0.25, 0.3) is 16.6 Å². The molecule has 7 heteroatoms. The van der Waals surface area contributed by atoms with Gasteiger partial charge in [0.05, 0.1) is 22.7 Å². The Morgan fingerprint density at radius 3 is 2.89 bits per heavy atom. The topological polar surface area (TPSA) is 73.8 Å². The van der Waals surface area contributed by atoms with Gasteiger partial charge in [-0.05, 0) is 12.1 Å². The molecule has 0 bridgehead atoms. The standard InChI is InChI=1S/C12H7FN4O2/c13-9-6-10(17(18)19)8-2-1-3-15-11(8)12(9)16-5-4-14-7-16/h1-7H. The Morgan fingerprint density at radius 1 is 1.37 bits per heavy atom. The van der Waals surface area contributed by atoms with Crippen LogP contribution in [0.2, 0.25) is 0 Å². The van der Waals surface area contributed by atoms with Crippen LogP contribution >= 0.6 is 0 Å². The number of aromatic nitrogens is 3. The zero-order valence-corrected chi connectivity index (χ0v) is 9.52. The van der Waals surface area contributed by atoms with E-state index in [0.29, 0.717) is 0 Å². The Morgan fingerprint density at radius 2 is 2.21 bits per heavy atom. The van der Waals surface area contributed by atoms with Gasteiger partial charge in [0, 0.05) is 18.6 Å². The van der Waals surface area contributed by atoms with E-state index in [2.05, 4.69) is 9.97 Å². The highest BCUT2D eigenvalue weighted by Gasteiger charge is 2.20. The Balaban J connectivity index is 2.45. The molecule has 0 saturated carbocycles. The highest BCUT2D eigenvalue weighted by molar-refractivity contribution is 5.93. The van der Waals surface area contributed by atoms with E-state index >= 15 is 0 Å². The molecule has 0 unspecified atom stereocenters. The summed E-state index contributed by atoms with van der Waals surface area (Å²) in [5, 5.41) is 11.2. The summed E-state index contributed by atoms with van der Waals surface area (Å²) in [5.74, 6) is -0.712. The number of fused-ring (bicyclic) bond motifs is 1. The molecule has 0 N–H and O–H groups in total. The third kappa shape index (κ3) is 1.71. The minimum Gasteiger partial charge on any atom is -0.302 e. The number of rotatable bonds is 2. The minimum atomic E-state index is -0.712. The SMILES string of the molecule is O=[N+]([O-])c1cc(F)c(-n2ccnc2)c2ncccc12. The normalized spacial score (nSPS) is 10.8. The fraction of sp³-hybridized carbons (Fsp3) is 0. The van der Waals surface area contributed by atoms with Crippen molar-refractivity contribution < 1.29 is 9.31 Å². The quantitative estimate of drug-likeness (QED) is 0.522. The first-order valence-electron chi connectivity index (χ1n) is 5.38. The number of non-ortho nitro benzene ring substituents is 1. The fourth-order valence-electron chi connectivity index (χ4n) is 1.97. The van der Waals surface area contributed by atoms with Crippen molar-refractivity contribution in [2.75, 3.05) is 0 Å². The van der Waals surface area contributed by atoms with E-state index in [4.69, 9.17) is 0 Å². The summed E-state index contributed by atoms with van der Waals surface area (Å²) in [6.07, 6.45) is 5.93. The van der Waals surface area contributed by atoms with Crippen LogP contribution in [0.5, 0.6) is 0 Å². The Bertz CT molecular complexity index is 771. The molecule has 0 radical (unpaired) electrons. The first-order valence-corrected chi connectivity index (χ1v) is 5.38. The van der Waals surface area contributed by atoms with E-state index in [9.17, 15) is 14.5 Å². The number of benzene rings is 1. The number of nitro groups is 1. The molecule has 2 heterocycles. The fourth-order valence-corrected chi connectivity index (χ4v) is 1.97. The predicted octanol–water partition coefficient (Wildman–Crippen LogP) is 2.47. The number of pyridine rings is 1. The van der Waals surface area contributed by atoms with Gasteiger partial charge in [-0.1, -0.05) is 0 Å². The summed E-state index contributed by atoms with van der Waals surface area (Å²) < 4.78 is 15.5. The van der Waals surface area contributed by atoms with Crippen molar-refractivity contribution in [1.29, 1.82) is 0 Å². The van der Waals surface area contributed by atoms with Crippen LogP contribution < -0.4 is 0 Å². The molecule has 3 rings (SSSR count). The van der Waals surface area contributed by atoms with Crippen LogP contribution in [-0.4, -0.2) is 19.5 Å². The van der Waals surface area contributed by atoms with Crippen LogP contribution in [0.4, 0.5) is 10.1 Å². The molecule has 0 spiro atoms. The molecule has 2 aromatic heterocycles. The molecule has 6 nitrogen and oxygen atoms in total. The molecule has 0 fully saturated rings. The van der Waals surface area contributed by atoms with Gasteiger partial charge in [0.2, 0.25) is 0 Å². The van der Waals surface area contributed by atoms with Crippen molar-refractivity contribution in [2.45, 2.75) is 0 Å². The van der Waals surface area contributed by atoms with Crippen molar-refractivity contribution in [2.24, 2.45) is 0 Å². The Hall–Kier alpha value is -2.83. The molecule has 3 aromatic rings. The molecule has 0 aliphatic heterocycles. The second-order valence-electron chi connectivity index (χ2n) is 3.85. The minimum absolute atomic E-state index is 0.152. The zero-order chi connectivity index (χ0) is 13.4. The van der Waals surface area contributed by atoms with Crippen molar-refractivity contribution in [1.82, 2.24) is 14.5 Å². The maximum Gasteiger partial charge on any atom is 0.281 e. The highest BCUT2D eigenvalue weighted by atomic mass is 19.1. The predicted molar refractivity (Wildman–Crippen MR) is 65.5 cm³/mol. The monoisotopic (exact) mass is 258 g/mol. The smallest absolute Gasteiger partial charge is 0.281 e. The van der Waals surface area contributed by atoms with Gasteiger partial charge in [-0.2, -0.15) is 0 Å². The maximum absolute atomic E-state index is 14.1. The first kappa shape index (κ1) is 11.3. The van der Waals surface area contributed by atoms with Crippen LogP contribution in [0.1, 0.15) is 0 Å². The molecule has 0 atom stereocenters. The molecular formula is C12H7FN4O2. The van der Waals surface area contributed by atoms with Gasteiger partial charge in [-0.25, -0.2) is 9.37 Å². The number of imidazole rings is 1. The summed E-state index contributed by atoms with van der Waals surface area (Å²) in [4.78, 5) is 18.2. The van der Waals surface area contributed by atoms with Crippen molar-refractivity contribution in [3.05, 3.63) is 59.0 Å². The molecule has 94 valence electrons. The second-order valence-corrected chi connectivity index (χ2v) is 3.85. The van der Waals surface area contributed by atoms with Crippen LogP contribution in [0.3, 0.4) is 0 Å². The van der Waals surface area contributed by atoms with E-state index in [1.807, 2.05) is 0 Å². The summed E-state index contributed by atoms with van der Waals surface area (Å²) in [5.41, 5.74) is 0.0790. The summed E-state index contributed by atoms with van der Waals surface area (Å²) >= 11 is 0. The van der Waals surface area contributed by atoms with Gasteiger partial charge < -0.3 is 4.57 Å². The van der Waals surface area contributed by atoms with E-state index in [1.165, 1.54) is 23.3 Å². The van der Waals surface area contributed by atoms with Gasteiger partial charge in [0.15, 0.2) is 5.82 Å². The number of hydrogen-bond donors (Lipinski definition) is 0. The van der Waals surface area contributed by atoms with Crippen LogP contribution in [0.15, 0.2) is 43.1 Å². The van der Waals surface area contributed by atoms with Crippen molar-refractivity contribution in [3.63, 3.8) is 0 Å². The van der Waals surface area contributed by atoms with Crippen molar-refractivity contribution >= 4 is 16.6 Å². The first-order chi connectivity index (χ1) is 9.18. The maximum atomic E-state index is 14.1. The molecule has 0 aliphatic rings. The van der Waals surface area contributed by atoms with Gasteiger partial charge in [0.25, 0.3) is 5.69 Å². The average molecular weight is 258 g/mol. The molecule has 19 heavy (non-hydrogen) atoms. The average Bonchev–Trinajstić information content (AvgIpc) is 2.91. The third-order valence-electron chi connectivity index (χ3n) is 2.76. The number of hydrogen-bond acceptors (Lipinski definition) is 4. The van der Waals surface area contributed by atoms with E-state index in [1.54, 1.807) is 18.3 Å². The summed E-state index contributed by atoms with van der Waals surface area (Å²) in [6, 6.07) is 4.02. The van der Waals surface area contributed by atoms with Gasteiger partial charge in [-0.15, -0.1) is 0 Å². The third-order valence-corrected chi connectivity index (χ3v) is 2.76. The lowest BCUT2D eigenvalue weighted by molar-refractivity contribution is -0.383. The molecule has 1 aromatic carbocycles. The van der Waals surface area contributed by atoms with Crippen molar-refractivity contribution in [3.8, 4) is 5.69 Å². The number of halogens is 1. The second kappa shape index (κ2) is 4.13. The lowest BCUT2D eigenvalue weighted by atomic mass is 10.1. The molecular weight excluding hydrogens is 251 g/mol. The van der Waals surface area contributed by atoms with Crippen LogP contribution in [-0.2, 0) is 0 Å². The van der Waals surface area contributed by atoms with Gasteiger partial charge >= 0.3 is 0 Å². The Kier molecular flexibility index (Phi) is 2.45. The lowest BCUT2D eigenvalue weighted by Crippen LogP contribution is -2.01. The number of nitro benzene ring substituents is 1. The van der Waals surface area contributed by atoms with Gasteiger partial charge in [0.1, 0.15) is 11.2 Å². The summed E-state index contributed by atoms with van der Waals surface area (Å²) in [6.45, 7) is 0. The number of nitrogens with zero attached hydrogens (tertiary/aromatic N) is 4. The highest BCUT2D eigenvalue weighted by Crippen LogP contribution is 2.31. The van der Waals surface area contributed by atoms with E-state index in [-0.39, 0.29) is 22.3 Å². The zero-order valence-electron chi connectivity index (χ0n) is 9.52. The van der Waals surface area contributed by atoms with E-state index in [0.717, 1.165) is 6.07 Å². The lowest BCUT2D eigenvalue weighted by Gasteiger charge is -2.08. The van der Waals surface area contributed by atoms with Crippen LogP contribution in [0, 0.1) is 15.9 Å². The molecule has 0 saturated heterocycles. The largest absolute Gasteiger partial charge is 0.302 e. The molecule has 0 amide bonds. The Labute approximate surface area is 106 Å². The molecule has 0 aliphatic carbocycles. The van der Waals surface area contributed by atoms with E-state index < -0.39 is 10.7 Å².